The van der Waals surface area contributed by atoms with E-state index >= 15 is 0 Å². The van der Waals surface area contributed by atoms with Crippen molar-refractivity contribution in [2.75, 3.05) is 26.9 Å². The van der Waals surface area contributed by atoms with Crippen LogP contribution in [0, 0.1) is 0 Å². The van der Waals surface area contributed by atoms with Crippen molar-refractivity contribution in [1.82, 2.24) is 30.0 Å². The molecule has 0 aromatic carbocycles. The van der Waals surface area contributed by atoms with Gasteiger partial charge in [-0.15, -0.1) is 0 Å². The second-order valence-corrected chi connectivity index (χ2v) is 6.35. The highest BCUT2D eigenvalue weighted by molar-refractivity contribution is 5.53. The maximum atomic E-state index is 5.55. The van der Waals surface area contributed by atoms with Crippen LogP contribution in [0.3, 0.4) is 0 Å². The van der Waals surface area contributed by atoms with Gasteiger partial charge in [-0.2, -0.15) is 4.98 Å². The van der Waals surface area contributed by atoms with Gasteiger partial charge in [0, 0.05) is 37.3 Å². The summed E-state index contributed by atoms with van der Waals surface area (Å²) in [4.78, 5) is 18.6. The Morgan fingerprint density at radius 3 is 3.04 bits per heavy atom. The molecule has 4 rings (SSSR count). The zero-order chi connectivity index (χ0) is 18.5. The van der Waals surface area contributed by atoms with Crippen LogP contribution >= 0.6 is 0 Å². The lowest BCUT2D eigenvalue weighted by atomic mass is 10.2. The highest BCUT2D eigenvalue weighted by Gasteiger charge is 2.31. The molecule has 0 radical (unpaired) electrons. The Hall–Kier alpha value is -2.78. The van der Waals surface area contributed by atoms with Crippen LogP contribution in [0.15, 0.2) is 35.2 Å². The van der Waals surface area contributed by atoms with E-state index in [2.05, 4.69) is 30.0 Å². The molecule has 9 nitrogen and oxygen atoms in total. The van der Waals surface area contributed by atoms with Gasteiger partial charge in [0.05, 0.1) is 19.2 Å². The number of rotatable bonds is 8. The van der Waals surface area contributed by atoms with Crippen LogP contribution in [0.2, 0.25) is 0 Å². The van der Waals surface area contributed by atoms with E-state index in [1.807, 2.05) is 12.3 Å². The molecule has 0 bridgehead atoms. The zero-order valence-corrected chi connectivity index (χ0v) is 15.2. The second kappa shape index (κ2) is 8.28. The molecule has 0 spiro atoms. The van der Waals surface area contributed by atoms with E-state index in [0.29, 0.717) is 30.8 Å². The lowest BCUT2D eigenvalue weighted by Crippen LogP contribution is -2.23. The molecule has 1 fully saturated rings. The first kappa shape index (κ1) is 17.6. The summed E-state index contributed by atoms with van der Waals surface area (Å²) in [6, 6.07) is 3.78. The Kier molecular flexibility index (Phi) is 5.40. The van der Waals surface area contributed by atoms with Crippen molar-refractivity contribution < 1.29 is 14.0 Å². The number of H-pyrrole nitrogens is 1. The maximum absolute atomic E-state index is 5.55. The van der Waals surface area contributed by atoms with Gasteiger partial charge in [-0.25, -0.2) is 9.97 Å². The van der Waals surface area contributed by atoms with Crippen LogP contribution in [0.25, 0.3) is 11.4 Å². The summed E-state index contributed by atoms with van der Waals surface area (Å²) < 4.78 is 16.0. The van der Waals surface area contributed by atoms with Crippen molar-refractivity contribution in [2.24, 2.45) is 0 Å². The molecule has 3 aromatic heterocycles. The van der Waals surface area contributed by atoms with Crippen LogP contribution in [0.4, 0.5) is 0 Å². The SMILES string of the molecule is COCCOc1ccc(-c2noc([C@@H]3CCCN3Cc3ncc[nH]3)n2)cn1. The number of nitrogens with one attached hydrogen (secondary N) is 1. The fourth-order valence-corrected chi connectivity index (χ4v) is 3.19. The number of hydrogen-bond donors (Lipinski definition) is 1. The Bertz CT molecular complexity index is 833. The summed E-state index contributed by atoms with van der Waals surface area (Å²) in [6.45, 7) is 2.71. The van der Waals surface area contributed by atoms with E-state index < -0.39 is 0 Å². The smallest absolute Gasteiger partial charge is 0.244 e. The summed E-state index contributed by atoms with van der Waals surface area (Å²) in [5, 5.41) is 4.13. The average Bonchev–Trinajstić information content (AvgIpc) is 3.45. The number of nitrogens with zero attached hydrogens (tertiary/aromatic N) is 5. The highest BCUT2D eigenvalue weighted by atomic mass is 16.5. The molecule has 1 aliphatic rings. The fraction of sp³-hybridized carbons (Fsp3) is 0.444. The summed E-state index contributed by atoms with van der Waals surface area (Å²) in [5.74, 6) is 2.65. The number of imidazole rings is 1. The second-order valence-electron chi connectivity index (χ2n) is 6.35. The van der Waals surface area contributed by atoms with Gasteiger partial charge in [-0.3, -0.25) is 4.90 Å². The largest absolute Gasteiger partial charge is 0.475 e. The average molecular weight is 370 g/mol. The first-order chi connectivity index (χ1) is 13.3. The van der Waals surface area contributed by atoms with E-state index in [4.69, 9.17) is 14.0 Å². The third kappa shape index (κ3) is 4.15. The molecule has 1 aliphatic heterocycles. The van der Waals surface area contributed by atoms with E-state index in [1.165, 1.54) is 0 Å². The monoisotopic (exact) mass is 370 g/mol. The predicted octanol–water partition coefficient (Wildman–Crippen LogP) is 2.22. The normalized spacial score (nSPS) is 17.4. The quantitative estimate of drug-likeness (QED) is 0.602. The highest BCUT2D eigenvalue weighted by Crippen LogP contribution is 2.32. The summed E-state index contributed by atoms with van der Waals surface area (Å²) >= 11 is 0. The Morgan fingerprint density at radius 1 is 1.30 bits per heavy atom. The van der Waals surface area contributed by atoms with Crippen LogP contribution in [0.5, 0.6) is 5.88 Å². The molecule has 0 saturated carbocycles. The molecular formula is C18H22N6O3. The van der Waals surface area contributed by atoms with Gasteiger partial charge in [0.15, 0.2) is 0 Å². The lowest BCUT2D eigenvalue weighted by Gasteiger charge is -2.19. The Balaban J connectivity index is 1.43. The Morgan fingerprint density at radius 2 is 2.26 bits per heavy atom. The van der Waals surface area contributed by atoms with Crippen LogP contribution in [-0.2, 0) is 11.3 Å². The number of likely N-dealkylation sites (tertiary alicyclic amines) is 1. The molecule has 1 saturated heterocycles. The van der Waals surface area contributed by atoms with Crippen LogP contribution in [0.1, 0.15) is 30.6 Å². The first-order valence-electron chi connectivity index (χ1n) is 8.97. The molecule has 1 atom stereocenters. The van der Waals surface area contributed by atoms with Crippen molar-refractivity contribution in [1.29, 1.82) is 0 Å². The standard InChI is InChI=1S/C18H22N6O3/c1-25-9-10-26-16-5-4-13(11-21-16)17-22-18(27-23-17)14-3-2-8-24(14)12-15-19-6-7-20-15/h4-7,11,14H,2-3,8-10,12H2,1H3,(H,19,20)/t14-/m0/s1. The molecular weight excluding hydrogens is 348 g/mol. The first-order valence-corrected chi connectivity index (χ1v) is 8.97. The maximum Gasteiger partial charge on any atom is 0.244 e. The third-order valence-electron chi connectivity index (χ3n) is 4.53. The molecule has 9 heteroatoms. The number of pyridine rings is 1. The van der Waals surface area contributed by atoms with E-state index in [-0.39, 0.29) is 6.04 Å². The predicted molar refractivity (Wildman–Crippen MR) is 95.9 cm³/mol. The molecule has 142 valence electrons. The number of methoxy groups -OCH3 is 1. The molecule has 1 N–H and O–H groups in total. The van der Waals surface area contributed by atoms with Crippen LogP contribution in [-0.4, -0.2) is 56.9 Å². The zero-order valence-electron chi connectivity index (χ0n) is 15.2. The van der Waals surface area contributed by atoms with Gasteiger partial charge in [0.1, 0.15) is 12.4 Å². The van der Waals surface area contributed by atoms with Crippen LogP contribution < -0.4 is 4.74 Å². The molecule has 3 aromatic rings. The van der Waals surface area contributed by atoms with Crippen molar-refractivity contribution in [3.63, 3.8) is 0 Å². The molecule has 4 heterocycles. The van der Waals surface area contributed by atoms with Gasteiger partial charge >= 0.3 is 0 Å². The summed E-state index contributed by atoms with van der Waals surface area (Å²) in [5.41, 5.74) is 0.791. The molecule has 27 heavy (non-hydrogen) atoms. The van der Waals surface area contributed by atoms with Gasteiger partial charge in [0.25, 0.3) is 0 Å². The van der Waals surface area contributed by atoms with Crippen molar-refractivity contribution in [3.05, 3.63) is 42.4 Å². The third-order valence-corrected chi connectivity index (χ3v) is 4.53. The van der Waals surface area contributed by atoms with Crippen molar-refractivity contribution in [2.45, 2.75) is 25.4 Å². The van der Waals surface area contributed by atoms with Gasteiger partial charge < -0.3 is 19.0 Å². The Labute approximate surface area is 156 Å². The van der Waals surface area contributed by atoms with E-state index in [9.17, 15) is 0 Å². The lowest BCUT2D eigenvalue weighted by molar-refractivity contribution is 0.144. The van der Waals surface area contributed by atoms with E-state index in [1.54, 1.807) is 25.6 Å². The number of hydrogen-bond acceptors (Lipinski definition) is 8. The minimum Gasteiger partial charge on any atom is -0.475 e. The minimum atomic E-state index is 0.112. The summed E-state index contributed by atoms with van der Waals surface area (Å²) in [7, 11) is 1.63. The molecule has 0 amide bonds. The van der Waals surface area contributed by atoms with E-state index in [0.717, 1.165) is 37.3 Å². The summed E-state index contributed by atoms with van der Waals surface area (Å²) in [6.07, 6.45) is 7.37. The van der Waals surface area contributed by atoms with Gasteiger partial charge in [0.2, 0.25) is 17.6 Å². The number of ether oxygens (including phenoxy) is 2. The van der Waals surface area contributed by atoms with Crippen molar-refractivity contribution in [3.8, 4) is 17.3 Å². The van der Waals surface area contributed by atoms with Gasteiger partial charge in [-0.05, 0) is 25.5 Å². The topological polar surface area (TPSA) is 102 Å². The number of aromatic nitrogens is 5. The van der Waals surface area contributed by atoms with Crippen molar-refractivity contribution >= 4 is 0 Å². The molecule has 0 aliphatic carbocycles. The fourth-order valence-electron chi connectivity index (χ4n) is 3.19. The number of aromatic amines is 1. The molecule has 0 unspecified atom stereocenters. The van der Waals surface area contributed by atoms with Gasteiger partial charge in [-0.1, -0.05) is 5.16 Å². The minimum absolute atomic E-state index is 0.112.